The number of nitrogens with two attached hydrogens (primary N) is 1. The number of rotatable bonds is 4. The van der Waals surface area contributed by atoms with Crippen LogP contribution in [0.4, 0.5) is 13.2 Å². The van der Waals surface area contributed by atoms with Gasteiger partial charge in [0.2, 0.25) is 0 Å². The Morgan fingerprint density at radius 2 is 1.53 bits per heavy atom. The van der Waals surface area contributed by atoms with Crippen molar-refractivity contribution in [2.75, 3.05) is 0 Å². The van der Waals surface area contributed by atoms with E-state index < -0.39 is 24.7 Å². The number of aliphatic hydroxyl groups is 1. The fraction of sp³-hybridized carbons (Fsp3) is 0.538. The van der Waals surface area contributed by atoms with Gasteiger partial charge in [-0.05, 0) is 17.0 Å². The highest BCUT2D eigenvalue weighted by molar-refractivity contribution is 5.85. The lowest BCUT2D eigenvalue weighted by atomic mass is 9.97. The van der Waals surface area contributed by atoms with E-state index in [4.69, 9.17) is 5.73 Å². The zero-order chi connectivity index (χ0) is 13.9. The third kappa shape index (κ3) is 5.38. The van der Waals surface area contributed by atoms with E-state index in [0.717, 1.165) is 5.56 Å². The lowest BCUT2D eigenvalue weighted by Gasteiger charge is -2.19. The first-order valence-corrected chi connectivity index (χ1v) is 5.82. The molecule has 0 aliphatic heterocycles. The second-order valence-corrected chi connectivity index (χ2v) is 4.72. The second-order valence-electron chi connectivity index (χ2n) is 4.72. The number of aliphatic hydroxyl groups excluding tert-OH is 1. The van der Waals surface area contributed by atoms with Crippen LogP contribution in [-0.4, -0.2) is 17.3 Å². The van der Waals surface area contributed by atoms with E-state index >= 15 is 0 Å². The van der Waals surface area contributed by atoms with Gasteiger partial charge in [0.05, 0.1) is 6.10 Å². The number of hydrogen-bond acceptors (Lipinski definition) is 2. The van der Waals surface area contributed by atoms with Gasteiger partial charge in [0.25, 0.3) is 0 Å². The summed E-state index contributed by atoms with van der Waals surface area (Å²) in [6.45, 7) is 4.04. The van der Waals surface area contributed by atoms with Crippen molar-refractivity contribution in [3.63, 3.8) is 0 Å². The summed E-state index contributed by atoms with van der Waals surface area (Å²) in [7, 11) is 0. The Balaban J connectivity index is 0.00000324. The lowest BCUT2D eigenvalue weighted by Crippen LogP contribution is -2.38. The summed E-state index contributed by atoms with van der Waals surface area (Å²) in [4.78, 5) is 0. The molecule has 2 atom stereocenters. The molecule has 0 saturated heterocycles. The first-order chi connectivity index (χ1) is 8.21. The molecule has 0 spiro atoms. The zero-order valence-electron chi connectivity index (χ0n) is 10.8. The Morgan fingerprint density at radius 3 is 1.89 bits per heavy atom. The Kier molecular flexibility index (Phi) is 6.83. The second kappa shape index (κ2) is 7.12. The highest BCUT2D eigenvalue weighted by Gasteiger charge is 2.37. The monoisotopic (exact) mass is 297 g/mol. The van der Waals surface area contributed by atoms with Gasteiger partial charge < -0.3 is 10.8 Å². The summed E-state index contributed by atoms with van der Waals surface area (Å²) < 4.78 is 36.8. The largest absolute Gasteiger partial charge is 0.403 e. The van der Waals surface area contributed by atoms with Crippen LogP contribution < -0.4 is 5.73 Å². The highest BCUT2D eigenvalue weighted by Crippen LogP contribution is 2.27. The molecule has 2 nitrogen and oxygen atoms in total. The van der Waals surface area contributed by atoms with Crippen molar-refractivity contribution in [2.45, 2.75) is 44.5 Å². The SMILES string of the molecule is CC(C)c1ccc([C@H](O)C[C@@H](N)C(F)(F)F)cc1.Cl. The molecule has 1 rings (SSSR count). The van der Waals surface area contributed by atoms with Gasteiger partial charge in [0.15, 0.2) is 0 Å². The van der Waals surface area contributed by atoms with E-state index in [1.54, 1.807) is 12.1 Å². The normalized spacial score (nSPS) is 14.9. The number of benzene rings is 1. The molecular formula is C13H19ClF3NO. The predicted molar refractivity (Wildman–Crippen MR) is 71.4 cm³/mol. The standard InChI is InChI=1S/C13H18F3NO.ClH/c1-8(2)9-3-5-10(6-4-9)11(18)7-12(17)13(14,15)16;/h3-6,8,11-12,18H,7,17H2,1-2H3;1H/t11-,12-;/m1./s1. The van der Waals surface area contributed by atoms with Crippen molar-refractivity contribution in [3.05, 3.63) is 35.4 Å². The van der Waals surface area contributed by atoms with Gasteiger partial charge >= 0.3 is 6.18 Å². The summed E-state index contributed by atoms with van der Waals surface area (Å²) in [5.74, 6) is 0.341. The highest BCUT2D eigenvalue weighted by atomic mass is 35.5. The Hall–Kier alpha value is -0.780. The van der Waals surface area contributed by atoms with Crippen LogP contribution in [0.15, 0.2) is 24.3 Å². The van der Waals surface area contributed by atoms with E-state index in [0.29, 0.717) is 11.5 Å². The molecule has 0 heterocycles. The minimum atomic E-state index is -4.47. The molecule has 19 heavy (non-hydrogen) atoms. The molecule has 0 fully saturated rings. The van der Waals surface area contributed by atoms with Gasteiger partial charge in [-0.3, -0.25) is 0 Å². The average Bonchev–Trinajstić information content (AvgIpc) is 2.27. The molecular weight excluding hydrogens is 279 g/mol. The molecule has 3 N–H and O–H groups in total. The van der Waals surface area contributed by atoms with Crippen molar-refractivity contribution >= 4 is 12.4 Å². The molecule has 6 heteroatoms. The maximum atomic E-state index is 12.3. The van der Waals surface area contributed by atoms with Gasteiger partial charge in [0.1, 0.15) is 6.04 Å². The molecule has 0 saturated carbocycles. The maximum Gasteiger partial charge on any atom is 0.403 e. The smallest absolute Gasteiger partial charge is 0.388 e. The molecule has 0 aliphatic rings. The molecule has 0 bridgehead atoms. The molecule has 0 aromatic heterocycles. The van der Waals surface area contributed by atoms with Gasteiger partial charge in [-0.2, -0.15) is 13.2 Å². The molecule has 1 aromatic rings. The summed E-state index contributed by atoms with van der Waals surface area (Å²) >= 11 is 0. The third-order valence-electron chi connectivity index (χ3n) is 2.89. The minimum Gasteiger partial charge on any atom is -0.388 e. The van der Waals surface area contributed by atoms with Gasteiger partial charge in [0, 0.05) is 6.42 Å². The molecule has 0 unspecified atom stereocenters. The summed E-state index contributed by atoms with van der Waals surface area (Å²) in [5, 5.41) is 9.70. The fourth-order valence-corrected chi connectivity index (χ4v) is 1.61. The topological polar surface area (TPSA) is 46.2 Å². The Morgan fingerprint density at radius 1 is 1.11 bits per heavy atom. The van der Waals surface area contributed by atoms with Crippen molar-refractivity contribution < 1.29 is 18.3 Å². The molecule has 0 amide bonds. The molecule has 110 valence electrons. The van der Waals surface area contributed by atoms with Crippen LogP contribution in [0.2, 0.25) is 0 Å². The number of halogens is 4. The van der Waals surface area contributed by atoms with E-state index in [-0.39, 0.29) is 12.4 Å². The lowest BCUT2D eigenvalue weighted by molar-refractivity contribution is -0.153. The van der Waals surface area contributed by atoms with Crippen molar-refractivity contribution in [2.24, 2.45) is 5.73 Å². The Labute approximate surface area is 117 Å². The first kappa shape index (κ1) is 18.2. The van der Waals surface area contributed by atoms with Gasteiger partial charge in [-0.25, -0.2) is 0 Å². The predicted octanol–water partition coefficient (Wildman–Crippen LogP) is 3.54. The van der Waals surface area contributed by atoms with Crippen LogP contribution in [-0.2, 0) is 0 Å². The van der Waals surface area contributed by atoms with Crippen LogP contribution in [0.5, 0.6) is 0 Å². The van der Waals surface area contributed by atoms with Crippen molar-refractivity contribution in [1.82, 2.24) is 0 Å². The maximum absolute atomic E-state index is 12.3. The van der Waals surface area contributed by atoms with E-state index in [1.165, 1.54) is 0 Å². The van der Waals surface area contributed by atoms with Crippen LogP contribution in [0.3, 0.4) is 0 Å². The van der Waals surface area contributed by atoms with E-state index in [2.05, 4.69) is 0 Å². The zero-order valence-corrected chi connectivity index (χ0v) is 11.6. The van der Waals surface area contributed by atoms with E-state index in [1.807, 2.05) is 26.0 Å². The number of hydrogen-bond donors (Lipinski definition) is 2. The fourth-order valence-electron chi connectivity index (χ4n) is 1.61. The number of alkyl halides is 3. The van der Waals surface area contributed by atoms with Crippen LogP contribution in [0.1, 0.15) is 43.4 Å². The molecule has 0 aliphatic carbocycles. The quantitative estimate of drug-likeness (QED) is 0.893. The van der Waals surface area contributed by atoms with Crippen LogP contribution in [0.25, 0.3) is 0 Å². The molecule has 0 radical (unpaired) electrons. The average molecular weight is 298 g/mol. The van der Waals surface area contributed by atoms with Gasteiger partial charge in [-0.1, -0.05) is 38.1 Å². The van der Waals surface area contributed by atoms with Crippen LogP contribution >= 0.6 is 12.4 Å². The third-order valence-corrected chi connectivity index (χ3v) is 2.89. The summed E-state index contributed by atoms with van der Waals surface area (Å²) in [6.07, 6.45) is -6.19. The van der Waals surface area contributed by atoms with Gasteiger partial charge in [-0.15, -0.1) is 12.4 Å². The molecule has 1 aromatic carbocycles. The van der Waals surface area contributed by atoms with Crippen molar-refractivity contribution in [1.29, 1.82) is 0 Å². The van der Waals surface area contributed by atoms with E-state index in [9.17, 15) is 18.3 Å². The first-order valence-electron chi connectivity index (χ1n) is 5.82. The summed E-state index contributed by atoms with van der Waals surface area (Å²) in [6, 6.07) is 4.90. The summed E-state index contributed by atoms with van der Waals surface area (Å²) in [5.41, 5.74) is 6.51. The van der Waals surface area contributed by atoms with Crippen LogP contribution in [0, 0.1) is 0 Å². The van der Waals surface area contributed by atoms with Crippen molar-refractivity contribution in [3.8, 4) is 0 Å². The minimum absolute atomic E-state index is 0. The Bertz CT molecular complexity index is 378.